The number of hydrogen-bond donors (Lipinski definition) is 1. The number of nitrogens with zero attached hydrogens (tertiary/aromatic N) is 2. The second kappa shape index (κ2) is 5.67. The molecule has 100 valence electrons. The fourth-order valence-corrected chi connectivity index (χ4v) is 2.28. The lowest BCUT2D eigenvalue weighted by Crippen LogP contribution is -2.52. The van der Waals surface area contributed by atoms with E-state index in [2.05, 4.69) is 42.0 Å². The second-order valence-corrected chi connectivity index (χ2v) is 5.33. The van der Waals surface area contributed by atoms with Crippen LogP contribution in [-0.4, -0.2) is 41.7 Å². The van der Waals surface area contributed by atoms with Crippen LogP contribution in [-0.2, 0) is 11.3 Å². The molecule has 1 aromatic rings. The Balaban J connectivity index is 2.12. The van der Waals surface area contributed by atoms with E-state index in [1.54, 1.807) is 0 Å². The van der Waals surface area contributed by atoms with Gasteiger partial charge in [-0.25, -0.2) is 4.98 Å². The maximum absolute atomic E-state index is 5.56. The van der Waals surface area contributed by atoms with Crippen molar-refractivity contribution in [2.45, 2.75) is 32.9 Å². The van der Waals surface area contributed by atoms with Crippen LogP contribution in [0.5, 0.6) is 0 Å². The maximum Gasteiger partial charge on any atom is 0.130 e. The standard InChI is InChI=1S/C14H23N3O/c1-4-15-13-12(6-5-7-16-13)10-17-8-9-18-11-14(17,2)3/h5-7H,4,8-11H2,1-3H3,(H,15,16). The molecule has 2 rings (SSSR count). The van der Waals surface area contributed by atoms with Crippen LogP contribution in [0.4, 0.5) is 5.82 Å². The van der Waals surface area contributed by atoms with Crippen LogP contribution in [0.15, 0.2) is 18.3 Å². The number of aromatic nitrogens is 1. The molecule has 0 atom stereocenters. The number of rotatable bonds is 4. The topological polar surface area (TPSA) is 37.4 Å². The molecule has 18 heavy (non-hydrogen) atoms. The third-order valence-corrected chi connectivity index (χ3v) is 3.41. The number of anilines is 1. The van der Waals surface area contributed by atoms with Crippen LogP contribution < -0.4 is 5.32 Å². The molecule has 4 nitrogen and oxygen atoms in total. The molecule has 0 radical (unpaired) electrons. The fourth-order valence-electron chi connectivity index (χ4n) is 2.28. The van der Waals surface area contributed by atoms with E-state index in [1.807, 2.05) is 12.3 Å². The number of hydrogen-bond acceptors (Lipinski definition) is 4. The Kier molecular flexibility index (Phi) is 4.19. The average Bonchev–Trinajstić information content (AvgIpc) is 2.34. The summed E-state index contributed by atoms with van der Waals surface area (Å²) in [5.74, 6) is 1.00. The summed E-state index contributed by atoms with van der Waals surface area (Å²) in [4.78, 5) is 6.88. The number of nitrogens with one attached hydrogen (secondary N) is 1. The molecular formula is C14H23N3O. The molecule has 0 spiro atoms. The Morgan fingerprint density at radius 2 is 2.33 bits per heavy atom. The molecule has 0 amide bonds. The first-order chi connectivity index (χ1) is 8.63. The third kappa shape index (κ3) is 3.00. The largest absolute Gasteiger partial charge is 0.378 e. The Bertz CT molecular complexity index is 392. The van der Waals surface area contributed by atoms with Gasteiger partial charge in [0, 0.05) is 36.9 Å². The number of ether oxygens (including phenoxy) is 1. The lowest BCUT2D eigenvalue weighted by Gasteiger charge is -2.42. The third-order valence-electron chi connectivity index (χ3n) is 3.41. The van der Waals surface area contributed by atoms with Crippen molar-refractivity contribution in [3.05, 3.63) is 23.9 Å². The van der Waals surface area contributed by atoms with E-state index in [9.17, 15) is 0 Å². The van der Waals surface area contributed by atoms with Crippen LogP contribution in [0.1, 0.15) is 26.3 Å². The summed E-state index contributed by atoms with van der Waals surface area (Å²) in [6.07, 6.45) is 1.84. The molecule has 0 aliphatic carbocycles. The molecule has 0 bridgehead atoms. The van der Waals surface area contributed by atoms with Crippen molar-refractivity contribution in [3.63, 3.8) is 0 Å². The van der Waals surface area contributed by atoms with E-state index < -0.39 is 0 Å². The van der Waals surface area contributed by atoms with Gasteiger partial charge in [0.15, 0.2) is 0 Å². The fraction of sp³-hybridized carbons (Fsp3) is 0.643. The molecule has 1 aliphatic rings. The average molecular weight is 249 g/mol. The van der Waals surface area contributed by atoms with Crippen LogP contribution in [0.3, 0.4) is 0 Å². The molecule has 2 heterocycles. The molecule has 1 N–H and O–H groups in total. The van der Waals surface area contributed by atoms with Gasteiger partial charge in [0.2, 0.25) is 0 Å². The van der Waals surface area contributed by atoms with Crippen molar-refractivity contribution >= 4 is 5.82 Å². The zero-order chi connectivity index (χ0) is 13.0. The molecule has 0 saturated carbocycles. The summed E-state index contributed by atoms with van der Waals surface area (Å²) in [5, 5.41) is 3.32. The van der Waals surface area contributed by atoms with E-state index in [4.69, 9.17) is 4.74 Å². The molecule has 1 saturated heterocycles. The summed E-state index contributed by atoms with van der Waals surface area (Å²) in [7, 11) is 0. The molecule has 0 unspecified atom stereocenters. The van der Waals surface area contributed by atoms with Gasteiger partial charge in [0.05, 0.1) is 13.2 Å². The summed E-state index contributed by atoms with van der Waals surface area (Å²) >= 11 is 0. The highest BCUT2D eigenvalue weighted by atomic mass is 16.5. The zero-order valence-corrected chi connectivity index (χ0v) is 11.6. The second-order valence-electron chi connectivity index (χ2n) is 5.33. The highest BCUT2D eigenvalue weighted by molar-refractivity contribution is 5.43. The van der Waals surface area contributed by atoms with Crippen LogP contribution >= 0.6 is 0 Å². The van der Waals surface area contributed by atoms with Crippen molar-refractivity contribution in [1.29, 1.82) is 0 Å². The zero-order valence-electron chi connectivity index (χ0n) is 11.6. The summed E-state index contributed by atoms with van der Waals surface area (Å²) < 4.78 is 5.56. The van der Waals surface area contributed by atoms with Crippen molar-refractivity contribution in [2.75, 3.05) is 31.6 Å². The van der Waals surface area contributed by atoms with Gasteiger partial charge in [0.1, 0.15) is 5.82 Å². The summed E-state index contributed by atoms with van der Waals surface area (Å²) in [6.45, 7) is 11.0. The van der Waals surface area contributed by atoms with Crippen molar-refractivity contribution in [1.82, 2.24) is 9.88 Å². The first-order valence-electron chi connectivity index (χ1n) is 6.64. The van der Waals surface area contributed by atoms with E-state index >= 15 is 0 Å². The monoisotopic (exact) mass is 249 g/mol. The predicted molar refractivity (Wildman–Crippen MR) is 73.7 cm³/mol. The van der Waals surface area contributed by atoms with Gasteiger partial charge < -0.3 is 10.1 Å². The molecule has 1 fully saturated rings. The smallest absolute Gasteiger partial charge is 0.130 e. The van der Waals surface area contributed by atoms with Crippen molar-refractivity contribution in [3.8, 4) is 0 Å². The summed E-state index contributed by atoms with van der Waals surface area (Å²) in [6, 6.07) is 4.15. The number of morpholine rings is 1. The Morgan fingerprint density at radius 3 is 3.06 bits per heavy atom. The lowest BCUT2D eigenvalue weighted by molar-refractivity contribution is -0.0552. The molecule has 1 aliphatic heterocycles. The van der Waals surface area contributed by atoms with Gasteiger partial charge >= 0.3 is 0 Å². The van der Waals surface area contributed by atoms with Gasteiger partial charge in [0.25, 0.3) is 0 Å². The van der Waals surface area contributed by atoms with E-state index in [1.165, 1.54) is 5.56 Å². The van der Waals surface area contributed by atoms with Gasteiger partial charge in [-0.2, -0.15) is 0 Å². The van der Waals surface area contributed by atoms with Crippen LogP contribution in [0, 0.1) is 0 Å². The minimum Gasteiger partial charge on any atom is -0.378 e. The van der Waals surface area contributed by atoms with E-state index in [-0.39, 0.29) is 5.54 Å². The SMILES string of the molecule is CCNc1ncccc1CN1CCOCC1(C)C. The van der Waals surface area contributed by atoms with E-state index in [0.717, 1.165) is 38.7 Å². The van der Waals surface area contributed by atoms with Gasteiger partial charge in [-0.05, 0) is 26.8 Å². The van der Waals surface area contributed by atoms with Crippen LogP contribution in [0.2, 0.25) is 0 Å². The summed E-state index contributed by atoms with van der Waals surface area (Å²) in [5.41, 5.74) is 1.35. The first kappa shape index (κ1) is 13.3. The molecular weight excluding hydrogens is 226 g/mol. The van der Waals surface area contributed by atoms with Gasteiger partial charge in [-0.1, -0.05) is 6.07 Å². The normalized spacial score (nSPS) is 19.7. The molecule has 4 heteroatoms. The highest BCUT2D eigenvalue weighted by Crippen LogP contribution is 2.23. The number of pyridine rings is 1. The molecule has 0 aromatic carbocycles. The molecule has 1 aromatic heterocycles. The predicted octanol–water partition coefficient (Wildman–Crippen LogP) is 2.12. The minimum absolute atomic E-state index is 0.0948. The Labute approximate surface area is 109 Å². The lowest BCUT2D eigenvalue weighted by atomic mass is 10.0. The quantitative estimate of drug-likeness (QED) is 0.887. The van der Waals surface area contributed by atoms with Gasteiger partial charge in [-0.3, -0.25) is 4.90 Å². The van der Waals surface area contributed by atoms with E-state index in [0.29, 0.717) is 0 Å². The first-order valence-corrected chi connectivity index (χ1v) is 6.64. The van der Waals surface area contributed by atoms with Gasteiger partial charge in [-0.15, -0.1) is 0 Å². The minimum atomic E-state index is 0.0948. The van der Waals surface area contributed by atoms with Crippen LogP contribution in [0.25, 0.3) is 0 Å². The maximum atomic E-state index is 5.56. The van der Waals surface area contributed by atoms with Crippen molar-refractivity contribution < 1.29 is 4.74 Å². The highest BCUT2D eigenvalue weighted by Gasteiger charge is 2.30. The Hall–Kier alpha value is -1.13. The van der Waals surface area contributed by atoms with Crippen molar-refractivity contribution in [2.24, 2.45) is 0 Å². The Morgan fingerprint density at radius 1 is 1.50 bits per heavy atom.